The fraction of sp³-hybridized carbons (Fsp3) is 0. The summed E-state index contributed by atoms with van der Waals surface area (Å²) in [6.45, 7) is 0. The van der Waals surface area contributed by atoms with Gasteiger partial charge in [-0.25, -0.2) is 9.18 Å². The third-order valence-corrected chi connectivity index (χ3v) is 4.47. The van der Waals surface area contributed by atoms with Crippen molar-refractivity contribution in [1.82, 2.24) is 9.97 Å². The minimum atomic E-state index is -0.554. The third-order valence-electron chi connectivity index (χ3n) is 4.27. The van der Waals surface area contributed by atoms with E-state index in [2.05, 4.69) is 25.9 Å². The Morgan fingerprint density at radius 2 is 1.40 bits per heavy atom. The molecule has 1 aromatic heterocycles. The summed E-state index contributed by atoms with van der Waals surface area (Å²) in [7, 11) is 0. The van der Waals surface area contributed by atoms with Gasteiger partial charge in [-0.3, -0.25) is 4.79 Å². The zero-order valence-electron chi connectivity index (χ0n) is 15.5. The number of urea groups is 1. The molecular formula is C21H16FN5O2S. The summed E-state index contributed by atoms with van der Waals surface area (Å²) in [5.74, 6) is -1.05. The van der Waals surface area contributed by atoms with E-state index < -0.39 is 11.7 Å². The molecule has 3 amide bonds. The van der Waals surface area contributed by atoms with Gasteiger partial charge in [0.1, 0.15) is 5.82 Å². The van der Waals surface area contributed by atoms with Gasteiger partial charge in [-0.15, -0.1) is 0 Å². The average Bonchev–Trinajstić information content (AvgIpc) is 3.09. The molecule has 0 fully saturated rings. The van der Waals surface area contributed by atoms with Crippen molar-refractivity contribution in [3.63, 3.8) is 0 Å². The van der Waals surface area contributed by atoms with E-state index in [4.69, 9.17) is 12.2 Å². The molecule has 4 rings (SSSR count). The zero-order chi connectivity index (χ0) is 21.1. The number of hydrogen-bond acceptors (Lipinski definition) is 3. The van der Waals surface area contributed by atoms with E-state index in [0.29, 0.717) is 32.9 Å². The topological polar surface area (TPSA) is 102 Å². The van der Waals surface area contributed by atoms with Gasteiger partial charge in [-0.2, -0.15) is 0 Å². The Kier molecular flexibility index (Phi) is 5.27. The van der Waals surface area contributed by atoms with Gasteiger partial charge in [0, 0.05) is 17.1 Å². The van der Waals surface area contributed by atoms with Crippen LogP contribution in [0.2, 0.25) is 0 Å². The number of hydrogen-bond donors (Lipinski definition) is 5. The number of benzene rings is 3. The van der Waals surface area contributed by atoms with Crippen molar-refractivity contribution in [3.05, 3.63) is 82.9 Å². The molecule has 0 aliphatic rings. The first-order valence-corrected chi connectivity index (χ1v) is 9.35. The van der Waals surface area contributed by atoms with Crippen LogP contribution in [0.1, 0.15) is 10.4 Å². The molecule has 4 aromatic rings. The number of nitrogens with one attached hydrogen (secondary N) is 5. The van der Waals surface area contributed by atoms with Gasteiger partial charge in [-0.05, 0) is 60.7 Å². The Balaban J connectivity index is 1.44. The van der Waals surface area contributed by atoms with E-state index in [-0.39, 0.29) is 11.6 Å². The molecule has 0 unspecified atom stereocenters. The molecule has 0 aliphatic carbocycles. The van der Waals surface area contributed by atoms with Crippen LogP contribution < -0.4 is 16.0 Å². The summed E-state index contributed by atoms with van der Waals surface area (Å²) < 4.78 is 14.1. The summed E-state index contributed by atoms with van der Waals surface area (Å²) in [5.41, 5.74) is 2.67. The number of H-pyrrole nitrogens is 2. The van der Waals surface area contributed by atoms with Crippen molar-refractivity contribution in [2.24, 2.45) is 0 Å². The van der Waals surface area contributed by atoms with Crippen LogP contribution in [0.15, 0.2) is 66.7 Å². The van der Waals surface area contributed by atoms with Gasteiger partial charge in [0.05, 0.1) is 16.6 Å². The third kappa shape index (κ3) is 4.36. The van der Waals surface area contributed by atoms with Crippen molar-refractivity contribution in [3.8, 4) is 0 Å². The molecule has 5 N–H and O–H groups in total. The van der Waals surface area contributed by atoms with Gasteiger partial charge in [0.2, 0.25) is 0 Å². The number of halogens is 1. The molecular weight excluding hydrogens is 405 g/mol. The fourth-order valence-corrected chi connectivity index (χ4v) is 3.15. The minimum absolute atomic E-state index is 0.127. The van der Waals surface area contributed by atoms with E-state index in [1.165, 1.54) is 6.07 Å². The minimum Gasteiger partial charge on any atom is -0.331 e. The van der Waals surface area contributed by atoms with Crippen molar-refractivity contribution < 1.29 is 14.0 Å². The molecule has 30 heavy (non-hydrogen) atoms. The van der Waals surface area contributed by atoms with Crippen LogP contribution in [0.25, 0.3) is 11.0 Å². The lowest BCUT2D eigenvalue weighted by Crippen LogP contribution is -2.19. The van der Waals surface area contributed by atoms with E-state index in [0.717, 1.165) is 6.07 Å². The fourth-order valence-electron chi connectivity index (χ4n) is 2.94. The van der Waals surface area contributed by atoms with E-state index in [1.807, 2.05) is 18.2 Å². The van der Waals surface area contributed by atoms with E-state index in [1.54, 1.807) is 36.4 Å². The van der Waals surface area contributed by atoms with Crippen molar-refractivity contribution in [1.29, 1.82) is 0 Å². The first kappa shape index (κ1) is 19.3. The largest absolute Gasteiger partial charge is 0.331 e. The van der Waals surface area contributed by atoms with Crippen molar-refractivity contribution >= 4 is 52.3 Å². The molecule has 0 radical (unpaired) electrons. The van der Waals surface area contributed by atoms with Crippen molar-refractivity contribution in [2.75, 3.05) is 16.0 Å². The monoisotopic (exact) mass is 421 g/mol. The molecule has 0 saturated carbocycles. The van der Waals surface area contributed by atoms with E-state index in [9.17, 15) is 14.0 Å². The highest BCUT2D eigenvalue weighted by Crippen LogP contribution is 2.20. The van der Waals surface area contributed by atoms with Gasteiger partial charge in [0.15, 0.2) is 4.77 Å². The molecule has 0 bridgehead atoms. The normalized spacial score (nSPS) is 10.6. The SMILES string of the molecule is O=C(Nc1ccccc1)Nc1ccc(NC(=O)c2cc(F)cc3[nH]c(=S)[nH]c23)cc1. The number of amides is 3. The predicted molar refractivity (Wildman–Crippen MR) is 117 cm³/mol. The number of aromatic amines is 2. The standard InChI is InChI=1S/C21H16FN5O2S/c22-12-10-16(18-17(11-12)26-21(30)27-18)19(28)23-14-6-8-15(9-7-14)25-20(29)24-13-4-2-1-3-5-13/h1-11H,(H,23,28)(H2,24,25,29)(H2,26,27,30). The number of imidazole rings is 1. The average molecular weight is 421 g/mol. The zero-order valence-corrected chi connectivity index (χ0v) is 16.3. The second kappa shape index (κ2) is 8.18. The molecule has 1 heterocycles. The maximum absolute atomic E-state index is 13.8. The highest BCUT2D eigenvalue weighted by Gasteiger charge is 2.14. The number of aromatic nitrogens is 2. The molecule has 0 atom stereocenters. The van der Waals surface area contributed by atoms with Crippen LogP contribution in [0.3, 0.4) is 0 Å². The second-order valence-corrected chi connectivity index (χ2v) is 6.84. The molecule has 0 saturated heterocycles. The van der Waals surface area contributed by atoms with Crippen molar-refractivity contribution in [2.45, 2.75) is 0 Å². The summed E-state index contributed by atoms with van der Waals surface area (Å²) in [5, 5.41) is 8.12. The van der Waals surface area contributed by atoms with Crippen LogP contribution in [-0.4, -0.2) is 21.9 Å². The smallest absolute Gasteiger partial charge is 0.323 e. The summed E-state index contributed by atoms with van der Waals surface area (Å²) in [6, 6.07) is 17.6. The van der Waals surface area contributed by atoms with Crippen LogP contribution >= 0.6 is 12.2 Å². The Labute approximate surface area is 175 Å². The Bertz CT molecular complexity index is 1280. The van der Waals surface area contributed by atoms with Gasteiger partial charge in [-0.1, -0.05) is 18.2 Å². The summed E-state index contributed by atoms with van der Waals surface area (Å²) in [4.78, 5) is 30.3. The molecule has 7 nitrogen and oxygen atoms in total. The first-order chi connectivity index (χ1) is 14.5. The van der Waals surface area contributed by atoms with Gasteiger partial charge in [0.25, 0.3) is 5.91 Å². The van der Waals surface area contributed by atoms with Gasteiger partial charge >= 0.3 is 6.03 Å². The van der Waals surface area contributed by atoms with E-state index >= 15 is 0 Å². The number of para-hydroxylation sites is 1. The molecule has 0 spiro atoms. The molecule has 9 heteroatoms. The molecule has 0 aliphatic heterocycles. The second-order valence-electron chi connectivity index (χ2n) is 6.43. The molecule has 3 aromatic carbocycles. The number of rotatable bonds is 4. The molecule has 150 valence electrons. The lowest BCUT2D eigenvalue weighted by Gasteiger charge is -2.09. The highest BCUT2D eigenvalue weighted by atomic mass is 32.1. The Morgan fingerprint density at radius 1 is 0.800 bits per heavy atom. The lowest BCUT2D eigenvalue weighted by atomic mass is 10.1. The van der Waals surface area contributed by atoms with Crippen LogP contribution in [0.4, 0.5) is 26.2 Å². The number of carbonyl (C=O) groups is 2. The number of carbonyl (C=O) groups excluding carboxylic acids is 2. The first-order valence-electron chi connectivity index (χ1n) is 8.94. The Morgan fingerprint density at radius 3 is 2.07 bits per heavy atom. The van der Waals surface area contributed by atoms with Crippen LogP contribution in [0, 0.1) is 10.6 Å². The van der Waals surface area contributed by atoms with Gasteiger partial charge < -0.3 is 25.9 Å². The maximum Gasteiger partial charge on any atom is 0.323 e. The number of fused-ring (bicyclic) bond motifs is 1. The number of anilines is 3. The summed E-state index contributed by atoms with van der Waals surface area (Å²) in [6.07, 6.45) is 0. The Hall–Kier alpha value is -3.98. The summed E-state index contributed by atoms with van der Waals surface area (Å²) >= 11 is 5.02. The van der Waals surface area contributed by atoms with Crippen LogP contribution in [0.5, 0.6) is 0 Å². The predicted octanol–water partition coefficient (Wildman–Crippen LogP) is 5.26. The lowest BCUT2D eigenvalue weighted by molar-refractivity contribution is 0.102. The quantitative estimate of drug-likeness (QED) is 0.291. The highest BCUT2D eigenvalue weighted by molar-refractivity contribution is 7.71. The maximum atomic E-state index is 13.8. The van der Waals surface area contributed by atoms with Crippen LogP contribution in [-0.2, 0) is 0 Å².